The number of halogens is 1. The number of benzene rings is 1. The lowest BCUT2D eigenvalue weighted by atomic mass is 10.1. The van der Waals surface area contributed by atoms with Crippen molar-refractivity contribution in [2.75, 3.05) is 0 Å². The largest absolute Gasteiger partial charge is 0.481 e. The van der Waals surface area contributed by atoms with Crippen molar-refractivity contribution in [1.29, 1.82) is 5.26 Å². The fraction of sp³-hybridized carbons (Fsp3) is 0.385. The maximum atomic E-state index is 12.3. The molecule has 8 heteroatoms. The first-order valence-corrected chi connectivity index (χ1v) is 8.13. The second-order valence-electron chi connectivity index (χ2n) is 4.92. The van der Waals surface area contributed by atoms with Gasteiger partial charge in [-0.25, -0.2) is 13.1 Å². The van der Waals surface area contributed by atoms with E-state index in [1.165, 1.54) is 18.2 Å². The Hall–Kier alpha value is -1.62. The summed E-state index contributed by atoms with van der Waals surface area (Å²) in [5.74, 6) is -1.03. The number of aliphatic carboxylic acids is 1. The third-order valence-corrected chi connectivity index (χ3v) is 5.21. The highest BCUT2D eigenvalue weighted by molar-refractivity contribution is 7.89. The standard InChI is InChI=1S/C13H13ClN2O4S/c14-10-4-1-8(7-15)5-12(10)21(19,20)16-11(6-13(17)18)9-2-3-9/h1,4-5,9,11,16H,2-3,6H2,(H,17,18). The summed E-state index contributed by atoms with van der Waals surface area (Å²) in [5, 5.41) is 17.7. The van der Waals surface area contributed by atoms with Crippen molar-refractivity contribution >= 4 is 27.6 Å². The highest BCUT2D eigenvalue weighted by Gasteiger charge is 2.36. The van der Waals surface area contributed by atoms with Crippen molar-refractivity contribution in [3.8, 4) is 6.07 Å². The summed E-state index contributed by atoms with van der Waals surface area (Å²) in [5.41, 5.74) is 0.168. The maximum Gasteiger partial charge on any atom is 0.304 e. The molecule has 1 aromatic carbocycles. The number of nitrogens with one attached hydrogen (secondary N) is 1. The van der Waals surface area contributed by atoms with Gasteiger partial charge in [0.05, 0.1) is 23.1 Å². The number of carbonyl (C=O) groups is 1. The number of carboxylic acid groups (broad SMARTS) is 1. The molecule has 0 radical (unpaired) electrons. The van der Waals surface area contributed by atoms with Gasteiger partial charge >= 0.3 is 5.97 Å². The molecule has 0 spiro atoms. The van der Waals surface area contributed by atoms with E-state index in [2.05, 4.69) is 4.72 Å². The minimum atomic E-state index is -3.97. The zero-order valence-electron chi connectivity index (χ0n) is 10.9. The van der Waals surface area contributed by atoms with Crippen LogP contribution >= 0.6 is 11.6 Å². The van der Waals surface area contributed by atoms with Gasteiger partial charge in [-0.05, 0) is 37.0 Å². The van der Waals surface area contributed by atoms with E-state index < -0.39 is 22.0 Å². The molecule has 1 aliphatic rings. The topological polar surface area (TPSA) is 107 Å². The molecule has 112 valence electrons. The number of carboxylic acids is 1. The molecule has 0 aromatic heterocycles. The first-order chi connectivity index (χ1) is 9.83. The lowest BCUT2D eigenvalue weighted by Gasteiger charge is -2.17. The van der Waals surface area contributed by atoms with Crippen LogP contribution in [-0.4, -0.2) is 25.5 Å². The van der Waals surface area contributed by atoms with Crippen LogP contribution in [0.3, 0.4) is 0 Å². The molecular formula is C13H13ClN2O4S. The van der Waals surface area contributed by atoms with E-state index in [0.717, 1.165) is 12.8 Å². The molecule has 1 aromatic rings. The number of hydrogen-bond acceptors (Lipinski definition) is 4. The summed E-state index contributed by atoms with van der Waals surface area (Å²) in [4.78, 5) is 10.6. The normalized spacial score (nSPS) is 16.2. The van der Waals surface area contributed by atoms with Crippen LogP contribution in [0.25, 0.3) is 0 Å². The van der Waals surface area contributed by atoms with Crippen molar-refractivity contribution in [3.63, 3.8) is 0 Å². The Morgan fingerprint density at radius 2 is 2.19 bits per heavy atom. The number of rotatable bonds is 6. The molecule has 21 heavy (non-hydrogen) atoms. The Kier molecular flexibility index (Phi) is 4.52. The number of nitriles is 1. The summed E-state index contributed by atoms with van der Waals surface area (Å²) in [6.07, 6.45) is 1.32. The fourth-order valence-corrected chi connectivity index (χ4v) is 3.86. The summed E-state index contributed by atoms with van der Waals surface area (Å²) >= 11 is 5.88. The lowest BCUT2D eigenvalue weighted by molar-refractivity contribution is -0.137. The smallest absolute Gasteiger partial charge is 0.304 e. The summed E-state index contributed by atoms with van der Waals surface area (Å²) in [7, 11) is -3.97. The third-order valence-electron chi connectivity index (χ3n) is 3.24. The average Bonchev–Trinajstić information content (AvgIpc) is 3.21. The highest BCUT2D eigenvalue weighted by Crippen LogP contribution is 2.35. The van der Waals surface area contributed by atoms with Crippen molar-refractivity contribution < 1.29 is 18.3 Å². The van der Waals surface area contributed by atoms with Crippen molar-refractivity contribution in [2.45, 2.75) is 30.2 Å². The molecule has 0 amide bonds. The number of hydrogen-bond donors (Lipinski definition) is 2. The van der Waals surface area contributed by atoms with Crippen LogP contribution < -0.4 is 4.72 Å². The van der Waals surface area contributed by atoms with Gasteiger partial charge in [0.2, 0.25) is 10.0 Å². The van der Waals surface area contributed by atoms with E-state index in [9.17, 15) is 13.2 Å². The molecule has 1 atom stereocenters. The highest BCUT2D eigenvalue weighted by atomic mass is 35.5. The van der Waals surface area contributed by atoms with Crippen LogP contribution in [0, 0.1) is 17.2 Å². The van der Waals surface area contributed by atoms with E-state index in [0.29, 0.717) is 0 Å². The lowest BCUT2D eigenvalue weighted by Crippen LogP contribution is -2.38. The Balaban J connectivity index is 2.29. The van der Waals surface area contributed by atoms with E-state index in [4.69, 9.17) is 22.0 Å². The molecule has 0 bridgehead atoms. The fourth-order valence-electron chi connectivity index (χ4n) is 2.03. The van der Waals surface area contributed by atoms with E-state index in [1.807, 2.05) is 6.07 Å². The Labute approximate surface area is 127 Å². The van der Waals surface area contributed by atoms with Crippen LogP contribution in [-0.2, 0) is 14.8 Å². The van der Waals surface area contributed by atoms with Crippen molar-refractivity contribution in [1.82, 2.24) is 4.72 Å². The number of sulfonamides is 1. The first kappa shape index (κ1) is 15.8. The van der Waals surface area contributed by atoms with Gasteiger partial charge in [-0.15, -0.1) is 0 Å². The van der Waals surface area contributed by atoms with E-state index in [-0.39, 0.29) is 27.8 Å². The van der Waals surface area contributed by atoms with Crippen LogP contribution in [0.5, 0.6) is 0 Å². The average molecular weight is 329 g/mol. The molecular weight excluding hydrogens is 316 g/mol. The van der Waals surface area contributed by atoms with Gasteiger partial charge in [-0.3, -0.25) is 4.79 Å². The first-order valence-electron chi connectivity index (χ1n) is 6.27. The second-order valence-corrected chi connectivity index (χ2v) is 7.01. The van der Waals surface area contributed by atoms with Gasteiger partial charge in [-0.2, -0.15) is 5.26 Å². The Morgan fingerprint density at radius 1 is 1.52 bits per heavy atom. The quantitative estimate of drug-likeness (QED) is 0.827. The molecule has 0 aliphatic heterocycles. The van der Waals surface area contributed by atoms with Gasteiger partial charge in [0, 0.05) is 6.04 Å². The summed E-state index contributed by atoms with van der Waals surface area (Å²) in [6.45, 7) is 0. The van der Waals surface area contributed by atoms with Crippen LogP contribution in [0.4, 0.5) is 0 Å². The van der Waals surface area contributed by atoms with Crippen LogP contribution in [0.15, 0.2) is 23.1 Å². The molecule has 1 saturated carbocycles. The minimum Gasteiger partial charge on any atom is -0.481 e. The second kappa shape index (κ2) is 6.02. The molecule has 2 rings (SSSR count). The third kappa shape index (κ3) is 3.94. The monoisotopic (exact) mass is 328 g/mol. The molecule has 6 nitrogen and oxygen atoms in total. The minimum absolute atomic E-state index is 0.00799. The van der Waals surface area contributed by atoms with Crippen LogP contribution in [0.1, 0.15) is 24.8 Å². The summed E-state index contributed by atoms with van der Waals surface area (Å²) in [6, 6.07) is 5.11. The van der Waals surface area contributed by atoms with E-state index >= 15 is 0 Å². The van der Waals surface area contributed by atoms with Gasteiger partial charge < -0.3 is 5.11 Å². The predicted octanol–water partition coefficient (Wildman–Crippen LogP) is 1.74. The zero-order valence-corrected chi connectivity index (χ0v) is 12.5. The van der Waals surface area contributed by atoms with Crippen molar-refractivity contribution in [2.24, 2.45) is 5.92 Å². The summed E-state index contributed by atoms with van der Waals surface area (Å²) < 4.78 is 27.1. The molecule has 1 aliphatic carbocycles. The maximum absolute atomic E-state index is 12.3. The van der Waals surface area contributed by atoms with E-state index in [1.54, 1.807) is 0 Å². The molecule has 1 fully saturated rings. The Morgan fingerprint density at radius 3 is 2.71 bits per heavy atom. The molecule has 2 N–H and O–H groups in total. The van der Waals surface area contributed by atoms with Gasteiger partial charge in [-0.1, -0.05) is 11.6 Å². The van der Waals surface area contributed by atoms with Gasteiger partial charge in [0.15, 0.2) is 0 Å². The number of nitrogens with zero attached hydrogens (tertiary/aromatic N) is 1. The van der Waals surface area contributed by atoms with Gasteiger partial charge in [0.1, 0.15) is 4.90 Å². The SMILES string of the molecule is N#Cc1ccc(Cl)c(S(=O)(=O)NC(CC(=O)O)C2CC2)c1. The molecule has 0 saturated heterocycles. The predicted molar refractivity (Wildman–Crippen MR) is 75.3 cm³/mol. The van der Waals surface area contributed by atoms with Gasteiger partial charge in [0.25, 0.3) is 0 Å². The Bertz CT molecular complexity index is 707. The zero-order chi connectivity index (χ0) is 15.6. The van der Waals surface area contributed by atoms with Crippen molar-refractivity contribution in [3.05, 3.63) is 28.8 Å². The molecule has 0 heterocycles. The van der Waals surface area contributed by atoms with Crippen LogP contribution in [0.2, 0.25) is 5.02 Å². The molecule has 1 unspecified atom stereocenters.